The first-order valence-corrected chi connectivity index (χ1v) is 8.24. The highest BCUT2D eigenvalue weighted by Gasteiger charge is 2.04. The molecule has 0 atom stereocenters. The maximum absolute atomic E-state index is 10.9. The van der Waals surface area contributed by atoms with Crippen molar-refractivity contribution in [2.24, 2.45) is 0 Å². The topological polar surface area (TPSA) is 46.5 Å². The van der Waals surface area contributed by atoms with E-state index in [4.69, 9.17) is 9.84 Å². The number of carbonyl (C=O) groups is 1. The molecule has 0 spiro atoms. The summed E-state index contributed by atoms with van der Waals surface area (Å²) in [5.41, 5.74) is 1.58. The Labute approximate surface area is 135 Å². The number of aromatic carboxylic acids is 1. The molecule has 116 valence electrons. The highest BCUT2D eigenvalue weighted by Crippen LogP contribution is 2.22. The summed E-state index contributed by atoms with van der Waals surface area (Å²) in [6.07, 6.45) is 0. The molecule has 2 aromatic rings. The highest BCUT2D eigenvalue weighted by atomic mass is 32.2. The van der Waals surface area contributed by atoms with Crippen molar-refractivity contribution in [3.63, 3.8) is 0 Å². The molecule has 0 radical (unpaired) electrons. The Balaban J connectivity index is 1.79. The number of ether oxygens (including phenoxy) is 1. The Morgan fingerprint density at radius 2 is 1.91 bits per heavy atom. The van der Waals surface area contributed by atoms with Crippen LogP contribution in [-0.2, 0) is 0 Å². The van der Waals surface area contributed by atoms with Crippen LogP contribution in [0.25, 0.3) is 0 Å². The van der Waals surface area contributed by atoms with Crippen LogP contribution in [0.2, 0.25) is 0 Å². The van der Waals surface area contributed by atoms with Gasteiger partial charge in [0.2, 0.25) is 0 Å². The lowest BCUT2D eigenvalue weighted by molar-refractivity contribution is 0.0696. The average Bonchev–Trinajstić information content (AvgIpc) is 2.52. The zero-order chi connectivity index (χ0) is 15.9. The molecular weight excluding hydrogens is 296 g/mol. The van der Waals surface area contributed by atoms with Gasteiger partial charge in [0.05, 0.1) is 12.2 Å². The van der Waals surface area contributed by atoms with Gasteiger partial charge in [0.15, 0.2) is 0 Å². The largest absolute Gasteiger partial charge is 0.493 e. The first kappa shape index (κ1) is 16.4. The van der Waals surface area contributed by atoms with Gasteiger partial charge in [0, 0.05) is 10.6 Å². The quantitative estimate of drug-likeness (QED) is 0.595. The summed E-state index contributed by atoms with van der Waals surface area (Å²) in [4.78, 5) is 12.1. The molecular formula is C18H20O3S. The number of carboxylic acids is 1. The Kier molecular flexibility index (Phi) is 5.90. The van der Waals surface area contributed by atoms with Crippen LogP contribution in [0.5, 0.6) is 5.75 Å². The summed E-state index contributed by atoms with van der Waals surface area (Å²) in [6, 6.07) is 15.1. The summed E-state index contributed by atoms with van der Waals surface area (Å²) in [7, 11) is 0. The third-order valence-corrected chi connectivity index (χ3v) is 4.22. The molecule has 0 fully saturated rings. The third kappa shape index (κ3) is 4.81. The molecule has 0 bridgehead atoms. The van der Waals surface area contributed by atoms with Crippen LogP contribution in [0.4, 0.5) is 0 Å². The molecule has 0 aliphatic rings. The molecule has 0 saturated carbocycles. The van der Waals surface area contributed by atoms with Gasteiger partial charge >= 0.3 is 5.97 Å². The molecule has 0 aromatic heterocycles. The molecule has 3 nitrogen and oxygen atoms in total. The normalized spacial score (nSPS) is 10.7. The minimum atomic E-state index is -0.940. The Hall–Kier alpha value is -1.94. The van der Waals surface area contributed by atoms with Gasteiger partial charge in [-0.05, 0) is 41.8 Å². The molecule has 0 amide bonds. The number of hydrogen-bond acceptors (Lipinski definition) is 3. The fourth-order valence-corrected chi connectivity index (χ4v) is 2.72. The van der Waals surface area contributed by atoms with Crippen molar-refractivity contribution < 1.29 is 14.6 Å². The van der Waals surface area contributed by atoms with Gasteiger partial charge in [0.1, 0.15) is 5.75 Å². The molecule has 0 heterocycles. The maximum Gasteiger partial charge on any atom is 0.335 e. The van der Waals surface area contributed by atoms with E-state index in [1.54, 1.807) is 36.0 Å². The summed E-state index contributed by atoms with van der Waals surface area (Å²) in [5, 5.41) is 8.93. The lowest BCUT2D eigenvalue weighted by atomic mass is 10.0. The summed E-state index contributed by atoms with van der Waals surface area (Å²) < 4.78 is 5.60. The van der Waals surface area contributed by atoms with Gasteiger partial charge < -0.3 is 9.84 Å². The number of benzene rings is 2. The molecule has 4 heteroatoms. The summed E-state index contributed by atoms with van der Waals surface area (Å²) in [6.45, 7) is 4.90. The molecule has 1 N–H and O–H groups in total. The minimum absolute atomic E-state index is 0.245. The molecule has 0 aliphatic heterocycles. The van der Waals surface area contributed by atoms with Crippen molar-refractivity contribution in [1.29, 1.82) is 0 Å². The zero-order valence-electron chi connectivity index (χ0n) is 12.8. The van der Waals surface area contributed by atoms with Crippen molar-refractivity contribution in [3.05, 3.63) is 59.7 Å². The first-order valence-electron chi connectivity index (χ1n) is 7.25. The van der Waals surface area contributed by atoms with E-state index in [0.29, 0.717) is 18.3 Å². The van der Waals surface area contributed by atoms with E-state index in [9.17, 15) is 4.79 Å². The van der Waals surface area contributed by atoms with Gasteiger partial charge in [-0.1, -0.05) is 32.0 Å². The maximum atomic E-state index is 10.9. The van der Waals surface area contributed by atoms with E-state index in [0.717, 1.165) is 5.75 Å². The van der Waals surface area contributed by atoms with Crippen LogP contribution >= 0.6 is 11.8 Å². The van der Waals surface area contributed by atoms with Crippen molar-refractivity contribution >= 4 is 17.7 Å². The third-order valence-electron chi connectivity index (χ3n) is 3.25. The highest BCUT2D eigenvalue weighted by molar-refractivity contribution is 7.99. The molecule has 0 aliphatic carbocycles. The molecule has 0 saturated heterocycles. The second kappa shape index (κ2) is 7.90. The van der Waals surface area contributed by atoms with Gasteiger partial charge in [-0.15, -0.1) is 11.8 Å². The van der Waals surface area contributed by atoms with Crippen LogP contribution in [-0.4, -0.2) is 23.4 Å². The van der Waals surface area contributed by atoms with Crippen LogP contribution in [0, 0.1) is 0 Å². The second-order valence-corrected chi connectivity index (χ2v) is 6.42. The number of carboxylic acid groups (broad SMARTS) is 1. The second-order valence-electron chi connectivity index (χ2n) is 5.25. The average molecular weight is 316 g/mol. The van der Waals surface area contributed by atoms with E-state index >= 15 is 0 Å². The van der Waals surface area contributed by atoms with Gasteiger partial charge in [-0.3, -0.25) is 0 Å². The molecule has 0 unspecified atom stereocenters. The lowest BCUT2D eigenvalue weighted by Crippen LogP contribution is -2.02. The Morgan fingerprint density at radius 1 is 1.18 bits per heavy atom. The van der Waals surface area contributed by atoms with Crippen LogP contribution in [0.3, 0.4) is 0 Å². The minimum Gasteiger partial charge on any atom is -0.493 e. The van der Waals surface area contributed by atoms with Crippen LogP contribution in [0.15, 0.2) is 53.4 Å². The fraction of sp³-hybridized carbons (Fsp3) is 0.278. The van der Waals surface area contributed by atoms with Crippen LogP contribution < -0.4 is 4.74 Å². The lowest BCUT2D eigenvalue weighted by Gasteiger charge is -2.08. The number of thioether (sulfide) groups is 1. The summed E-state index contributed by atoms with van der Waals surface area (Å²) >= 11 is 1.73. The molecule has 22 heavy (non-hydrogen) atoms. The van der Waals surface area contributed by atoms with E-state index in [1.807, 2.05) is 0 Å². The van der Waals surface area contributed by atoms with Crippen molar-refractivity contribution in [2.75, 3.05) is 12.4 Å². The van der Waals surface area contributed by atoms with Crippen LogP contribution in [0.1, 0.15) is 35.7 Å². The Morgan fingerprint density at radius 3 is 2.55 bits per heavy atom. The van der Waals surface area contributed by atoms with Crippen molar-refractivity contribution in [3.8, 4) is 5.75 Å². The molecule has 2 rings (SSSR count). The SMILES string of the molecule is CC(C)c1ccc(SCCOc2cccc(C(=O)O)c2)cc1. The fourth-order valence-electron chi connectivity index (χ4n) is 1.99. The molecule has 2 aromatic carbocycles. The van der Waals surface area contributed by atoms with Crippen molar-refractivity contribution in [2.45, 2.75) is 24.7 Å². The predicted octanol–water partition coefficient (Wildman–Crippen LogP) is 4.68. The smallest absolute Gasteiger partial charge is 0.335 e. The summed E-state index contributed by atoms with van der Waals surface area (Å²) in [5.74, 6) is 1.02. The van der Waals surface area contributed by atoms with E-state index in [1.165, 1.54) is 10.5 Å². The number of rotatable bonds is 7. The standard InChI is InChI=1S/C18H20O3S/c1-13(2)14-6-8-17(9-7-14)22-11-10-21-16-5-3-4-15(12-16)18(19)20/h3-9,12-13H,10-11H2,1-2H3,(H,19,20). The van der Waals surface area contributed by atoms with Gasteiger partial charge in [0.25, 0.3) is 0 Å². The first-order chi connectivity index (χ1) is 10.6. The van der Waals surface area contributed by atoms with E-state index in [2.05, 4.69) is 38.1 Å². The van der Waals surface area contributed by atoms with Crippen molar-refractivity contribution in [1.82, 2.24) is 0 Å². The monoisotopic (exact) mass is 316 g/mol. The zero-order valence-corrected chi connectivity index (χ0v) is 13.6. The number of hydrogen-bond donors (Lipinski definition) is 1. The Bertz CT molecular complexity index is 620. The van der Waals surface area contributed by atoms with E-state index in [-0.39, 0.29) is 5.56 Å². The van der Waals surface area contributed by atoms with Gasteiger partial charge in [-0.25, -0.2) is 4.79 Å². The van der Waals surface area contributed by atoms with Gasteiger partial charge in [-0.2, -0.15) is 0 Å². The van der Waals surface area contributed by atoms with E-state index < -0.39 is 5.97 Å². The predicted molar refractivity (Wildman–Crippen MR) is 90.2 cm³/mol.